The van der Waals surface area contributed by atoms with Gasteiger partial charge in [-0.1, -0.05) is 12.1 Å². The molecule has 0 atom stereocenters. The van der Waals surface area contributed by atoms with Gasteiger partial charge in [0.25, 0.3) is 0 Å². The third-order valence-electron chi connectivity index (χ3n) is 4.89. The van der Waals surface area contributed by atoms with Gasteiger partial charge < -0.3 is 19.4 Å². The first-order valence-electron chi connectivity index (χ1n) is 9.22. The van der Waals surface area contributed by atoms with Crippen LogP contribution in [0.25, 0.3) is 0 Å². The van der Waals surface area contributed by atoms with Crippen molar-refractivity contribution in [3.05, 3.63) is 42.1 Å². The van der Waals surface area contributed by atoms with Gasteiger partial charge in [0.2, 0.25) is 5.91 Å². The maximum Gasteiger partial charge on any atom is 0.223 e. The van der Waals surface area contributed by atoms with Crippen molar-refractivity contribution >= 4 is 17.4 Å². The lowest BCUT2D eigenvalue weighted by molar-refractivity contribution is -0.131. The Bertz CT molecular complexity index is 755. The number of hydrogen-bond donors (Lipinski definition) is 0. The van der Waals surface area contributed by atoms with Crippen LogP contribution in [0.15, 0.2) is 36.5 Å². The largest absolute Gasteiger partial charge is 0.497 e. The molecule has 1 aliphatic heterocycles. The van der Waals surface area contributed by atoms with Gasteiger partial charge in [0.05, 0.1) is 19.0 Å². The minimum absolute atomic E-state index is 0.207. The van der Waals surface area contributed by atoms with Crippen molar-refractivity contribution in [2.75, 3.05) is 57.2 Å². The highest BCUT2D eigenvalue weighted by atomic mass is 16.5. The average molecular weight is 369 g/mol. The van der Waals surface area contributed by atoms with Crippen molar-refractivity contribution in [1.82, 2.24) is 15.1 Å². The summed E-state index contributed by atoms with van der Waals surface area (Å²) in [7, 11) is 5.63. The normalized spacial score (nSPS) is 14.2. The van der Waals surface area contributed by atoms with E-state index < -0.39 is 0 Å². The molecule has 27 heavy (non-hydrogen) atoms. The fourth-order valence-electron chi connectivity index (χ4n) is 3.13. The molecule has 0 N–H and O–H groups in total. The molecule has 1 aliphatic rings. The van der Waals surface area contributed by atoms with Crippen LogP contribution in [0.3, 0.4) is 0 Å². The van der Waals surface area contributed by atoms with Crippen LogP contribution in [0, 0.1) is 0 Å². The summed E-state index contributed by atoms with van der Waals surface area (Å²) in [5.41, 5.74) is 2.18. The molecule has 2 heterocycles. The van der Waals surface area contributed by atoms with E-state index in [1.54, 1.807) is 13.3 Å². The molecule has 0 spiro atoms. The summed E-state index contributed by atoms with van der Waals surface area (Å²) in [5, 5.41) is 8.33. The summed E-state index contributed by atoms with van der Waals surface area (Å²) in [4.78, 5) is 18.7. The monoisotopic (exact) mass is 369 g/mol. The molecule has 1 aromatic heterocycles. The van der Waals surface area contributed by atoms with E-state index in [1.165, 1.54) is 0 Å². The maximum absolute atomic E-state index is 12.5. The Hall–Kier alpha value is -2.83. The van der Waals surface area contributed by atoms with Gasteiger partial charge in [0.1, 0.15) is 5.75 Å². The summed E-state index contributed by atoms with van der Waals surface area (Å²) >= 11 is 0. The van der Waals surface area contributed by atoms with Gasteiger partial charge in [-0.15, -0.1) is 5.10 Å². The molecular formula is C20H27N5O2. The minimum atomic E-state index is 0.207. The number of aromatic nitrogens is 2. The second kappa shape index (κ2) is 8.70. The molecule has 1 saturated heterocycles. The highest BCUT2D eigenvalue weighted by Gasteiger charge is 2.22. The van der Waals surface area contributed by atoms with Gasteiger partial charge in [-0.3, -0.25) is 4.79 Å². The Balaban J connectivity index is 1.49. The summed E-state index contributed by atoms with van der Waals surface area (Å²) in [6.45, 7) is 2.99. The number of ether oxygens (including phenoxy) is 1. The van der Waals surface area contributed by atoms with Gasteiger partial charge in [-0.05, 0) is 24.1 Å². The number of hydrogen-bond acceptors (Lipinski definition) is 6. The van der Waals surface area contributed by atoms with Crippen molar-refractivity contribution in [2.45, 2.75) is 12.8 Å². The summed E-state index contributed by atoms with van der Waals surface area (Å²) in [6.07, 6.45) is 3.03. The number of amides is 1. The van der Waals surface area contributed by atoms with Crippen molar-refractivity contribution in [3.63, 3.8) is 0 Å². The lowest BCUT2D eigenvalue weighted by atomic mass is 10.1. The zero-order valence-electron chi connectivity index (χ0n) is 16.3. The summed E-state index contributed by atoms with van der Waals surface area (Å²) in [5.74, 6) is 1.91. The quantitative estimate of drug-likeness (QED) is 0.774. The van der Waals surface area contributed by atoms with E-state index >= 15 is 0 Å². The van der Waals surface area contributed by atoms with Crippen LogP contribution in [0.1, 0.15) is 12.0 Å². The molecule has 144 valence electrons. The molecule has 0 aliphatic carbocycles. The first-order valence-corrected chi connectivity index (χ1v) is 9.22. The third-order valence-corrected chi connectivity index (χ3v) is 4.89. The molecule has 0 unspecified atom stereocenters. The lowest BCUT2D eigenvalue weighted by Crippen LogP contribution is -2.49. The predicted octanol–water partition coefficient (Wildman–Crippen LogP) is 1.83. The van der Waals surface area contributed by atoms with E-state index in [1.807, 2.05) is 54.2 Å². The second-order valence-corrected chi connectivity index (χ2v) is 6.88. The number of carbonyl (C=O) groups excluding carboxylic acids is 1. The van der Waals surface area contributed by atoms with Crippen molar-refractivity contribution in [1.29, 1.82) is 0 Å². The number of anilines is 2. The number of rotatable bonds is 6. The van der Waals surface area contributed by atoms with E-state index in [-0.39, 0.29) is 5.91 Å². The van der Waals surface area contributed by atoms with Crippen LogP contribution in [-0.2, 0) is 11.2 Å². The number of benzene rings is 1. The van der Waals surface area contributed by atoms with Crippen molar-refractivity contribution in [2.24, 2.45) is 0 Å². The van der Waals surface area contributed by atoms with Crippen molar-refractivity contribution in [3.8, 4) is 5.75 Å². The Labute approximate surface area is 160 Å². The van der Waals surface area contributed by atoms with Crippen molar-refractivity contribution < 1.29 is 9.53 Å². The molecule has 3 rings (SSSR count). The Morgan fingerprint density at radius 1 is 1.15 bits per heavy atom. The molecule has 0 bridgehead atoms. The Kier molecular flexibility index (Phi) is 6.11. The van der Waals surface area contributed by atoms with Crippen LogP contribution in [0.2, 0.25) is 0 Å². The molecule has 1 amide bonds. The highest BCUT2D eigenvalue weighted by molar-refractivity contribution is 5.76. The highest BCUT2D eigenvalue weighted by Crippen LogP contribution is 2.19. The minimum Gasteiger partial charge on any atom is -0.497 e. The second-order valence-electron chi connectivity index (χ2n) is 6.88. The van der Waals surface area contributed by atoms with Gasteiger partial charge >= 0.3 is 0 Å². The van der Waals surface area contributed by atoms with Crippen LogP contribution in [0.5, 0.6) is 5.75 Å². The molecule has 1 fully saturated rings. The van der Waals surface area contributed by atoms with E-state index in [0.29, 0.717) is 6.42 Å². The Morgan fingerprint density at radius 3 is 2.48 bits per heavy atom. The van der Waals surface area contributed by atoms with Crippen LogP contribution in [0.4, 0.5) is 11.5 Å². The summed E-state index contributed by atoms with van der Waals surface area (Å²) < 4.78 is 5.16. The van der Waals surface area contributed by atoms with Gasteiger partial charge in [0, 0.05) is 52.8 Å². The van der Waals surface area contributed by atoms with Crippen LogP contribution < -0.4 is 14.5 Å². The van der Waals surface area contributed by atoms with E-state index in [4.69, 9.17) is 4.74 Å². The average Bonchev–Trinajstić information content (AvgIpc) is 2.72. The molecule has 0 radical (unpaired) electrons. The molecule has 0 saturated carbocycles. The smallest absolute Gasteiger partial charge is 0.223 e. The first kappa shape index (κ1) is 18.9. The number of piperazine rings is 1. The van der Waals surface area contributed by atoms with E-state index in [9.17, 15) is 4.79 Å². The lowest BCUT2D eigenvalue weighted by Gasteiger charge is -2.35. The number of nitrogens with zero attached hydrogens (tertiary/aromatic N) is 5. The number of carbonyl (C=O) groups is 1. The van der Waals surface area contributed by atoms with E-state index in [2.05, 4.69) is 15.1 Å². The summed E-state index contributed by atoms with van der Waals surface area (Å²) in [6, 6.07) is 9.93. The SMILES string of the molecule is COc1ccc(CCC(=O)N2CCN(c3cc(N(C)C)cnn3)CC2)cc1. The van der Waals surface area contributed by atoms with Crippen LogP contribution in [-0.4, -0.2) is 68.4 Å². The first-order chi connectivity index (χ1) is 13.1. The molecule has 7 heteroatoms. The number of aryl methyl sites for hydroxylation is 1. The maximum atomic E-state index is 12.5. The standard InChI is InChI=1S/C20H27N5O2/c1-23(2)17-14-19(22-21-15-17)24-10-12-25(13-11-24)20(26)9-6-16-4-7-18(27-3)8-5-16/h4-5,7-8,14-15H,6,9-13H2,1-3H3. The Morgan fingerprint density at radius 2 is 1.85 bits per heavy atom. The molecule has 1 aromatic carbocycles. The fraction of sp³-hybridized carbons (Fsp3) is 0.450. The van der Waals surface area contributed by atoms with Gasteiger partial charge in [-0.2, -0.15) is 5.10 Å². The molecular weight excluding hydrogens is 342 g/mol. The van der Waals surface area contributed by atoms with Crippen LogP contribution >= 0.6 is 0 Å². The molecule has 2 aromatic rings. The van der Waals surface area contributed by atoms with E-state index in [0.717, 1.165) is 55.4 Å². The number of methoxy groups -OCH3 is 1. The predicted molar refractivity (Wildman–Crippen MR) is 106 cm³/mol. The fourth-order valence-corrected chi connectivity index (χ4v) is 3.13. The zero-order valence-corrected chi connectivity index (χ0v) is 16.3. The topological polar surface area (TPSA) is 61.8 Å². The zero-order chi connectivity index (χ0) is 19.2. The molecule has 7 nitrogen and oxygen atoms in total. The van der Waals surface area contributed by atoms with Gasteiger partial charge in [-0.25, -0.2) is 0 Å². The van der Waals surface area contributed by atoms with Gasteiger partial charge in [0.15, 0.2) is 5.82 Å². The third kappa shape index (κ3) is 4.87.